The van der Waals surface area contributed by atoms with Gasteiger partial charge >= 0.3 is 0 Å². The van der Waals surface area contributed by atoms with Gasteiger partial charge in [-0.1, -0.05) is 13.3 Å². The van der Waals surface area contributed by atoms with Gasteiger partial charge in [-0.3, -0.25) is 4.90 Å². The Morgan fingerprint density at radius 2 is 2.28 bits per heavy atom. The van der Waals surface area contributed by atoms with Crippen LogP contribution >= 0.6 is 0 Å². The third-order valence-corrected chi connectivity index (χ3v) is 4.28. The van der Waals surface area contributed by atoms with Crippen molar-refractivity contribution in [1.82, 2.24) is 14.5 Å². The average molecular weight is 250 g/mol. The number of nitrogens with zero attached hydrogens (tertiary/aromatic N) is 3. The molecule has 1 aromatic rings. The smallest absolute Gasteiger partial charge is 0.122 e. The summed E-state index contributed by atoms with van der Waals surface area (Å²) in [6.07, 6.45) is 7.88. The second-order valence-corrected chi connectivity index (χ2v) is 5.19. The molecule has 2 unspecified atom stereocenters. The Balaban J connectivity index is 2.05. The van der Waals surface area contributed by atoms with Crippen LogP contribution in [-0.4, -0.2) is 33.6 Å². The average Bonchev–Trinajstić information content (AvgIpc) is 3.03. The third-order valence-electron chi connectivity index (χ3n) is 4.28. The predicted octanol–water partition coefficient (Wildman–Crippen LogP) is 1.85. The van der Waals surface area contributed by atoms with Crippen LogP contribution in [0.2, 0.25) is 0 Å². The van der Waals surface area contributed by atoms with Crippen LogP contribution < -0.4 is 5.73 Å². The van der Waals surface area contributed by atoms with E-state index in [1.165, 1.54) is 25.1 Å². The normalized spacial score (nSPS) is 24.0. The highest BCUT2D eigenvalue weighted by atomic mass is 15.2. The number of rotatable bonds is 6. The van der Waals surface area contributed by atoms with Gasteiger partial charge in [-0.2, -0.15) is 0 Å². The van der Waals surface area contributed by atoms with Crippen molar-refractivity contribution in [2.24, 2.45) is 11.7 Å². The highest BCUT2D eigenvalue weighted by Gasteiger charge is 2.30. The molecule has 0 bridgehead atoms. The first-order chi connectivity index (χ1) is 8.80. The van der Waals surface area contributed by atoms with Crippen molar-refractivity contribution in [1.29, 1.82) is 0 Å². The van der Waals surface area contributed by atoms with Gasteiger partial charge in [0.2, 0.25) is 0 Å². The quantitative estimate of drug-likeness (QED) is 0.838. The lowest BCUT2D eigenvalue weighted by atomic mass is 10.0. The van der Waals surface area contributed by atoms with Gasteiger partial charge in [-0.25, -0.2) is 4.98 Å². The molecule has 1 fully saturated rings. The molecule has 0 radical (unpaired) electrons. The Bertz CT molecular complexity index is 360. The molecule has 2 rings (SSSR count). The summed E-state index contributed by atoms with van der Waals surface area (Å²) < 4.78 is 2.23. The number of imidazole rings is 1. The van der Waals surface area contributed by atoms with E-state index in [1.807, 2.05) is 6.20 Å². The highest BCUT2D eigenvalue weighted by molar-refractivity contribution is 4.95. The van der Waals surface area contributed by atoms with Crippen molar-refractivity contribution in [2.75, 3.05) is 13.1 Å². The Labute approximate surface area is 110 Å². The van der Waals surface area contributed by atoms with Gasteiger partial charge < -0.3 is 10.3 Å². The molecule has 18 heavy (non-hydrogen) atoms. The number of aryl methyl sites for hydroxylation is 1. The molecule has 0 saturated heterocycles. The van der Waals surface area contributed by atoms with E-state index in [-0.39, 0.29) is 0 Å². The molecule has 1 aliphatic carbocycles. The van der Waals surface area contributed by atoms with Gasteiger partial charge in [-0.05, 0) is 38.8 Å². The summed E-state index contributed by atoms with van der Waals surface area (Å²) in [5.74, 6) is 1.86. The van der Waals surface area contributed by atoms with E-state index < -0.39 is 0 Å². The minimum atomic E-state index is 0.655. The largest absolute Gasteiger partial charge is 0.334 e. The van der Waals surface area contributed by atoms with Crippen molar-refractivity contribution in [3.8, 4) is 0 Å². The van der Waals surface area contributed by atoms with Crippen molar-refractivity contribution >= 4 is 0 Å². The molecular formula is C14H26N4. The van der Waals surface area contributed by atoms with Crippen LogP contribution in [0.15, 0.2) is 12.4 Å². The number of aromatic nitrogens is 2. The molecule has 2 atom stereocenters. The molecule has 0 aromatic carbocycles. The minimum Gasteiger partial charge on any atom is -0.334 e. The summed E-state index contributed by atoms with van der Waals surface area (Å²) in [5.41, 5.74) is 5.90. The number of nitrogens with two attached hydrogens (primary N) is 1. The zero-order chi connectivity index (χ0) is 13.0. The fourth-order valence-electron chi connectivity index (χ4n) is 3.20. The van der Waals surface area contributed by atoms with E-state index >= 15 is 0 Å². The van der Waals surface area contributed by atoms with Crippen LogP contribution in [0.25, 0.3) is 0 Å². The molecular weight excluding hydrogens is 224 g/mol. The van der Waals surface area contributed by atoms with E-state index in [1.54, 1.807) is 0 Å². The Morgan fingerprint density at radius 3 is 2.94 bits per heavy atom. The van der Waals surface area contributed by atoms with Crippen molar-refractivity contribution < 1.29 is 0 Å². The lowest BCUT2D eigenvalue weighted by Gasteiger charge is -2.31. The Hall–Kier alpha value is -0.870. The summed E-state index contributed by atoms with van der Waals surface area (Å²) >= 11 is 0. The molecule has 0 aliphatic heterocycles. The maximum Gasteiger partial charge on any atom is 0.122 e. The molecule has 1 saturated carbocycles. The van der Waals surface area contributed by atoms with Crippen LogP contribution in [0.4, 0.5) is 0 Å². The first kappa shape index (κ1) is 13.6. The molecule has 0 amide bonds. The monoisotopic (exact) mass is 250 g/mol. The maximum atomic E-state index is 5.90. The van der Waals surface area contributed by atoms with E-state index in [0.717, 1.165) is 26.2 Å². The van der Waals surface area contributed by atoms with Crippen molar-refractivity contribution in [2.45, 2.75) is 52.2 Å². The molecule has 102 valence electrons. The lowest BCUT2D eigenvalue weighted by Crippen LogP contribution is -2.40. The van der Waals surface area contributed by atoms with Crippen LogP contribution in [0.1, 0.15) is 38.9 Å². The summed E-state index contributed by atoms with van der Waals surface area (Å²) in [4.78, 5) is 7.04. The molecule has 1 aromatic heterocycles. The highest BCUT2D eigenvalue weighted by Crippen LogP contribution is 2.29. The van der Waals surface area contributed by atoms with E-state index in [9.17, 15) is 0 Å². The van der Waals surface area contributed by atoms with Crippen LogP contribution in [0.3, 0.4) is 0 Å². The lowest BCUT2D eigenvalue weighted by molar-refractivity contribution is 0.156. The van der Waals surface area contributed by atoms with Gasteiger partial charge in [0.1, 0.15) is 5.82 Å². The summed E-state index contributed by atoms with van der Waals surface area (Å²) in [5, 5.41) is 0. The molecule has 4 nitrogen and oxygen atoms in total. The summed E-state index contributed by atoms with van der Waals surface area (Å²) in [6.45, 7) is 8.27. The minimum absolute atomic E-state index is 0.655. The molecule has 1 aliphatic rings. The van der Waals surface area contributed by atoms with E-state index in [0.29, 0.717) is 12.0 Å². The molecule has 1 heterocycles. The summed E-state index contributed by atoms with van der Waals surface area (Å²) in [7, 11) is 0. The van der Waals surface area contributed by atoms with Crippen LogP contribution in [-0.2, 0) is 13.1 Å². The topological polar surface area (TPSA) is 47.1 Å². The number of hydrogen-bond donors (Lipinski definition) is 1. The van der Waals surface area contributed by atoms with Crippen LogP contribution in [0.5, 0.6) is 0 Å². The Kier molecular flexibility index (Phi) is 4.78. The van der Waals surface area contributed by atoms with Crippen LogP contribution in [0, 0.1) is 5.92 Å². The second-order valence-electron chi connectivity index (χ2n) is 5.19. The van der Waals surface area contributed by atoms with Crippen molar-refractivity contribution in [3.05, 3.63) is 18.2 Å². The molecule has 2 N–H and O–H groups in total. The van der Waals surface area contributed by atoms with Gasteiger partial charge in [0.25, 0.3) is 0 Å². The molecule has 4 heteroatoms. The molecule has 0 spiro atoms. The first-order valence-corrected chi connectivity index (χ1v) is 7.24. The fourth-order valence-corrected chi connectivity index (χ4v) is 3.20. The van der Waals surface area contributed by atoms with Gasteiger partial charge in [0.05, 0.1) is 6.54 Å². The van der Waals surface area contributed by atoms with E-state index in [4.69, 9.17) is 5.73 Å². The van der Waals surface area contributed by atoms with Gasteiger partial charge in [0.15, 0.2) is 0 Å². The zero-order valence-corrected chi connectivity index (χ0v) is 11.7. The second kappa shape index (κ2) is 6.34. The fraction of sp³-hybridized carbons (Fsp3) is 0.786. The van der Waals surface area contributed by atoms with Crippen molar-refractivity contribution in [3.63, 3.8) is 0 Å². The predicted molar refractivity (Wildman–Crippen MR) is 74.2 cm³/mol. The maximum absolute atomic E-state index is 5.90. The third kappa shape index (κ3) is 2.75. The SMILES string of the molecule is CCN(Cc1nccn1CC)C1CCCC1CN. The summed E-state index contributed by atoms with van der Waals surface area (Å²) in [6, 6.07) is 0.655. The zero-order valence-electron chi connectivity index (χ0n) is 11.7. The van der Waals surface area contributed by atoms with E-state index in [2.05, 4.69) is 34.5 Å². The first-order valence-electron chi connectivity index (χ1n) is 7.24. The Morgan fingerprint density at radius 1 is 1.44 bits per heavy atom. The van der Waals surface area contributed by atoms with Gasteiger partial charge in [-0.15, -0.1) is 0 Å². The van der Waals surface area contributed by atoms with Gasteiger partial charge in [0, 0.05) is 25.0 Å². The standard InChI is InChI=1S/C14H26N4/c1-3-17-9-8-16-14(17)11-18(4-2)13-7-5-6-12(13)10-15/h8-9,12-13H,3-7,10-11,15H2,1-2H3. The number of hydrogen-bond acceptors (Lipinski definition) is 3.